The Morgan fingerprint density at radius 2 is 1.88 bits per heavy atom. The highest BCUT2D eigenvalue weighted by Gasteiger charge is 2.47. The molecule has 0 aromatic heterocycles. The number of benzene rings is 1. The van der Waals surface area contributed by atoms with Crippen LogP contribution in [0.1, 0.15) is 51.2 Å². The highest BCUT2D eigenvalue weighted by Crippen LogP contribution is 2.45. The summed E-state index contributed by atoms with van der Waals surface area (Å²) in [5.74, 6) is -1.27. The molecule has 178 valence electrons. The quantitative estimate of drug-likeness (QED) is 0.346. The summed E-state index contributed by atoms with van der Waals surface area (Å²) in [4.78, 5) is 39.4. The van der Waals surface area contributed by atoms with Crippen LogP contribution in [0.25, 0.3) is 0 Å². The molecule has 0 saturated heterocycles. The predicted molar refractivity (Wildman–Crippen MR) is 130 cm³/mol. The van der Waals surface area contributed by atoms with Crippen molar-refractivity contribution in [3.8, 4) is 0 Å². The van der Waals surface area contributed by atoms with E-state index in [0.29, 0.717) is 35.6 Å². The molecule has 1 aromatic rings. The van der Waals surface area contributed by atoms with Gasteiger partial charge in [0.1, 0.15) is 12.5 Å². The first-order valence-electron chi connectivity index (χ1n) is 11.5. The van der Waals surface area contributed by atoms with Crippen LogP contribution in [0.15, 0.2) is 46.8 Å². The maximum Gasteiger partial charge on any atom is 0.336 e. The molecule has 1 heterocycles. The summed E-state index contributed by atoms with van der Waals surface area (Å²) in [6.45, 7) is 8.16. The number of methoxy groups -OCH3 is 1. The van der Waals surface area contributed by atoms with E-state index in [1.165, 1.54) is 12.7 Å². The second kappa shape index (κ2) is 11.1. The SMILES string of the molecule is CCSCCOC(=O)C1=C(C)NC2=C(C(=O)[C@@H](C(=O)OC)[C@@H](C)C2)[C@H]1c1ccc(CC)cc1. The number of hydrogen-bond acceptors (Lipinski definition) is 7. The van der Waals surface area contributed by atoms with Crippen molar-refractivity contribution in [2.75, 3.05) is 25.2 Å². The van der Waals surface area contributed by atoms with E-state index in [-0.39, 0.29) is 11.7 Å². The molecule has 1 N–H and O–H groups in total. The van der Waals surface area contributed by atoms with Gasteiger partial charge in [-0.25, -0.2) is 4.79 Å². The minimum absolute atomic E-state index is 0.202. The Morgan fingerprint density at radius 1 is 1.18 bits per heavy atom. The zero-order valence-electron chi connectivity index (χ0n) is 20.0. The molecule has 7 heteroatoms. The van der Waals surface area contributed by atoms with Crippen LogP contribution in [-0.4, -0.2) is 42.9 Å². The number of dihydropyridines is 1. The third kappa shape index (κ3) is 5.18. The number of aryl methyl sites for hydroxylation is 1. The maximum absolute atomic E-state index is 13.7. The van der Waals surface area contributed by atoms with Gasteiger partial charge in [-0.2, -0.15) is 11.8 Å². The minimum Gasteiger partial charge on any atom is -0.468 e. The smallest absolute Gasteiger partial charge is 0.336 e. The summed E-state index contributed by atoms with van der Waals surface area (Å²) >= 11 is 1.70. The molecule has 3 atom stereocenters. The predicted octanol–water partition coefficient (Wildman–Crippen LogP) is 4.16. The molecule has 0 unspecified atom stereocenters. The van der Waals surface area contributed by atoms with Gasteiger partial charge >= 0.3 is 11.9 Å². The van der Waals surface area contributed by atoms with Gasteiger partial charge in [-0.05, 0) is 42.6 Å². The summed E-state index contributed by atoms with van der Waals surface area (Å²) in [6, 6.07) is 7.96. The van der Waals surface area contributed by atoms with Crippen LogP contribution in [0, 0.1) is 11.8 Å². The molecule has 1 aliphatic carbocycles. The van der Waals surface area contributed by atoms with E-state index in [0.717, 1.165) is 23.4 Å². The molecule has 2 aliphatic rings. The first kappa shape index (κ1) is 25.1. The molecule has 3 rings (SSSR count). The van der Waals surface area contributed by atoms with E-state index in [1.54, 1.807) is 11.8 Å². The number of ketones is 1. The summed E-state index contributed by atoms with van der Waals surface area (Å²) in [7, 11) is 1.30. The van der Waals surface area contributed by atoms with Crippen LogP contribution >= 0.6 is 11.8 Å². The number of hydrogen-bond donors (Lipinski definition) is 1. The number of carbonyl (C=O) groups is 3. The molecular weight excluding hydrogens is 438 g/mol. The van der Waals surface area contributed by atoms with E-state index in [4.69, 9.17) is 9.47 Å². The Bertz CT molecular complexity index is 979. The van der Waals surface area contributed by atoms with Crippen molar-refractivity contribution in [3.05, 3.63) is 57.9 Å². The average molecular weight is 472 g/mol. The van der Waals surface area contributed by atoms with Crippen LogP contribution < -0.4 is 5.32 Å². The molecule has 0 amide bonds. The van der Waals surface area contributed by atoms with Crippen LogP contribution in [-0.2, 0) is 30.3 Å². The van der Waals surface area contributed by atoms with Crippen molar-refractivity contribution >= 4 is 29.5 Å². The number of Topliss-reactive ketones (excluding diaryl/α,β-unsaturated/α-hetero) is 1. The minimum atomic E-state index is -0.885. The number of rotatable bonds is 8. The van der Waals surface area contributed by atoms with Crippen LogP contribution in [0.3, 0.4) is 0 Å². The highest BCUT2D eigenvalue weighted by atomic mass is 32.2. The van der Waals surface area contributed by atoms with E-state index in [1.807, 2.05) is 38.1 Å². The topological polar surface area (TPSA) is 81.7 Å². The normalized spacial score (nSPS) is 22.6. The fourth-order valence-electron chi connectivity index (χ4n) is 4.65. The monoisotopic (exact) mass is 471 g/mol. The Hall–Kier alpha value is -2.54. The Kier molecular flexibility index (Phi) is 8.40. The largest absolute Gasteiger partial charge is 0.468 e. The van der Waals surface area contributed by atoms with Crippen molar-refractivity contribution < 1.29 is 23.9 Å². The molecule has 1 aliphatic heterocycles. The molecule has 0 radical (unpaired) electrons. The van der Waals surface area contributed by atoms with Gasteiger partial charge in [-0.3, -0.25) is 9.59 Å². The van der Waals surface area contributed by atoms with Gasteiger partial charge in [-0.15, -0.1) is 0 Å². The molecule has 0 saturated carbocycles. The summed E-state index contributed by atoms with van der Waals surface area (Å²) in [5, 5.41) is 3.29. The van der Waals surface area contributed by atoms with Crippen molar-refractivity contribution in [3.63, 3.8) is 0 Å². The van der Waals surface area contributed by atoms with Crippen LogP contribution in [0.5, 0.6) is 0 Å². The lowest BCUT2D eigenvalue weighted by molar-refractivity contribution is -0.151. The summed E-state index contributed by atoms with van der Waals surface area (Å²) < 4.78 is 10.5. The van der Waals surface area contributed by atoms with Gasteiger partial charge < -0.3 is 14.8 Å². The lowest BCUT2D eigenvalue weighted by Gasteiger charge is -2.38. The third-order valence-electron chi connectivity index (χ3n) is 6.35. The Morgan fingerprint density at radius 3 is 2.48 bits per heavy atom. The summed E-state index contributed by atoms with van der Waals surface area (Å²) in [6.07, 6.45) is 1.41. The average Bonchev–Trinajstić information content (AvgIpc) is 2.80. The zero-order valence-corrected chi connectivity index (χ0v) is 20.8. The first-order chi connectivity index (χ1) is 15.8. The van der Waals surface area contributed by atoms with E-state index < -0.39 is 23.8 Å². The Balaban J connectivity index is 2.06. The van der Waals surface area contributed by atoms with E-state index in [2.05, 4.69) is 19.2 Å². The fraction of sp³-hybridized carbons (Fsp3) is 0.500. The van der Waals surface area contributed by atoms with Gasteiger partial charge in [0.25, 0.3) is 0 Å². The summed E-state index contributed by atoms with van der Waals surface area (Å²) in [5.41, 5.74) is 4.34. The molecule has 6 nitrogen and oxygen atoms in total. The van der Waals surface area contributed by atoms with Crippen molar-refractivity contribution in [1.29, 1.82) is 0 Å². The number of carbonyl (C=O) groups excluding carboxylic acids is 3. The van der Waals surface area contributed by atoms with Crippen molar-refractivity contribution in [2.24, 2.45) is 11.8 Å². The molecule has 33 heavy (non-hydrogen) atoms. The lowest BCUT2D eigenvalue weighted by atomic mass is 9.69. The second-order valence-corrected chi connectivity index (χ2v) is 9.86. The van der Waals surface area contributed by atoms with Crippen molar-refractivity contribution in [2.45, 2.75) is 46.5 Å². The number of allylic oxidation sites excluding steroid dienone is 3. The van der Waals surface area contributed by atoms with Gasteiger partial charge in [0.15, 0.2) is 5.78 Å². The number of esters is 2. The third-order valence-corrected chi connectivity index (χ3v) is 7.21. The van der Waals surface area contributed by atoms with Crippen LogP contribution in [0.2, 0.25) is 0 Å². The zero-order chi connectivity index (χ0) is 24.1. The molecule has 0 bridgehead atoms. The number of nitrogens with one attached hydrogen (secondary N) is 1. The van der Waals surface area contributed by atoms with E-state index >= 15 is 0 Å². The molecule has 0 spiro atoms. The molecule has 0 fully saturated rings. The number of thioether (sulfide) groups is 1. The van der Waals surface area contributed by atoms with Crippen LogP contribution in [0.4, 0.5) is 0 Å². The maximum atomic E-state index is 13.7. The lowest BCUT2D eigenvalue weighted by Crippen LogP contribution is -2.43. The van der Waals surface area contributed by atoms with Crippen molar-refractivity contribution in [1.82, 2.24) is 5.32 Å². The first-order valence-corrected chi connectivity index (χ1v) is 12.7. The standard InChI is InChI=1S/C26H33NO5S/c1-6-17-8-10-18(11-9-17)22-21(26(30)32-12-13-33-7-2)16(4)27-19-14-15(3)20(25(29)31-5)24(28)23(19)22/h8-11,15,20,22,27H,6-7,12-14H2,1-5H3/t15-,20-,22-/m0/s1. The van der Waals surface area contributed by atoms with Gasteiger partial charge in [0.2, 0.25) is 0 Å². The molecule has 1 aromatic carbocycles. The Labute approximate surface area is 200 Å². The van der Waals surface area contributed by atoms with Gasteiger partial charge in [0, 0.05) is 28.6 Å². The van der Waals surface area contributed by atoms with E-state index in [9.17, 15) is 14.4 Å². The second-order valence-electron chi connectivity index (χ2n) is 8.46. The van der Waals surface area contributed by atoms with Gasteiger partial charge in [0.05, 0.1) is 12.7 Å². The number of ether oxygens (including phenoxy) is 2. The fourth-order valence-corrected chi connectivity index (χ4v) is 5.14. The van der Waals surface area contributed by atoms with Gasteiger partial charge in [-0.1, -0.05) is 45.0 Å². The molecular formula is C26H33NO5S. The highest BCUT2D eigenvalue weighted by molar-refractivity contribution is 7.99.